The Balaban J connectivity index is 1.82. The maximum Gasteiger partial charge on any atom is 0.410 e. The fraction of sp³-hybridized carbons (Fsp3) is 0.550. The molecule has 1 aliphatic rings. The first-order valence-electron chi connectivity index (χ1n) is 10.5. The molecular formula is C20H25F3N6O5. The third-order valence-corrected chi connectivity index (χ3v) is 5.07. The number of piperidine rings is 1. The highest BCUT2D eigenvalue weighted by molar-refractivity contribution is 6.10. The van der Waals surface area contributed by atoms with E-state index >= 15 is 0 Å². The number of amidine groups is 1. The lowest BCUT2D eigenvalue weighted by Gasteiger charge is -2.33. The van der Waals surface area contributed by atoms with Crippen molar-refractivity contribution in [1.29, 1.82) is 0 Å². The highest BCUT2D eigenvalue weighted by Gasteiger charge is 2.33. The molecule has 0 unspecified atom stereocenters. The summed E-state index contributed by atoms with van der Waals surface area (Å²) in [6.45, 7) is 6.10. The van der Waals surface area contributed by atoms with Gasteiger partial charge in [0.2, 0.25) is 5.91 Å². The van der Waals surface area contributed by atoms with E-state index in [1.54, 1.807) is 25.7 Å². The van der Waals surface area contributed by atoms with Crippen LogP contribution in [0.5, 0.6) is 0 Å². The van der Waals surface area contributed by atoms with E-state index in [0.717, 1.165) is 6.20 Å². The van der Waals surface area contributed by atoms with Crippen LogP contribution >= 0.6 is 0 Å². The largest absolute Gasteiger partial charge is 0.444 e. The summed E-state index contributed by atoms with van der Waals surface area (Å²) >= 11 is 0. The Kier molecular flexibility index (Phi) is 6.89. The quantitative estimate of drug-likeness (QED) is 0.263. The zero-order valence-corrected chi connectivity index (χ0v) is 18.8. The van der Waals surface area contributed by atoms with Crippen molar-refractivity contribution < 1.29 is 32.7 Å². The number of amides is 2. The monoisotopic (exact) mass is 486 g/mol. The minimum Gasteiger partial charge on any atom is -0.444 e. The number of rotatable bonds is 3. The summed E-state index contributed by atoms with van der Waals surface area (Å²) < 4.78 is 44.2. The second-order valence-corrected chi connectivity index (χ2v) is 8.91. The van der Waals surface area contributed by atoms with Gasteiger partial charge in [-0.25, -0.2) is 9.31 Å². The van der Waals surface area contributed by atoms with Crippen LogP contribution in [0.15, 0.2) is 22.2 Å². The van der Waals surface area contributed by atoms with Crippen LogP contribution < -0.4 is 10.9 Å². The van der Waals surface area contributed by atoms with E-state index in [-0.39, 0.29) is 17.1 Å². The Hall–Kier alpha value is -3.58. The summed E-state index contributed by atoms with van der Waals surface area (Å²) in [5.74, 6) is -2.19. The number of nitrogens with one attached hydrogen (secondary N) is 2. The zero-order chi connectivity index (χ0) is 25.3. The molecule has 3 heterocycles. The molecule has 0 spiro atoms. The molecule has 11 nitrogen and oxygen atoms in total. The molecule has 0 radical (unpaired) electrons. The van der Waals surface area contributed by atoms with Gasteiger partial charge in [-0.2, -0.15) is 18.3 Å². The molecule has 1 aliphatic heterocycles. The second kappa shape index (κ2) is 9.35. The number of hydrogen-bond donors (Lipinski definition) is 3. The number of oxime groups is 1. The van der Waals surface area contributed by atoms with Gasteiger partial charge in [0.15, 0.2) is 5.84 Å². The van der Waals surface area contributed by atoms with Gasteiger partial charge < -0.3 is 25.1 Å². The van der Waals surface area contributed by atoms with Gasteiger partial charge >= 0.3 is 12.3 Å². The number of nitrogens with zero attached hydrogens (tertiary/aromatic N) is 4. The number of aromatic amines is 1. The average Bonchev–Trinajstić information content (AvgIpc) is 3.12. The van der Waals surface area contributed by atoms with E-state index in [1.165, 1.54) is 10.6 Å². The number of aromatic nitrogens is 3. The SMILES string of the molecule is CC(C)(C)OC(=O)N1CCC(c2cc(=O)[nH]c3c(C(=NO)NC(=O)CC(F)(F)F)cnn23)CC1. The Labute approximate surface area is 191 Å². The summed E-state index contributed by atoms with van der Waals surface area (Å²) in [5, 5.41) is 18.2. The Bertz CT molecular complexity index is 1160. The van der Waals surface area contributed by atoms with Gasteiger partial charge in [0.1, 0.15) is 17.7 Å². The van der Waals surface area contributed by atoms with Crippen molar-refractivity contribution >= 4 is 23.5 Å². The van der Waals surface area contributed by atoms with E-state index in [0.29, 0.717) is 31.6 Å². The maximum absolute atomic E-state index is 12.5. The predicted molar refractivity (Wildman–Crippen MR) is 113 cm³/mol. The fourth-order valence-corrected chi connectivity index (χ4v) is 3.67. The summed E-state index contributed by atoms with van der Waals surface area (Å²) in [6.07, 6.45) is -4.77. The first-order chi connectivity index (χ1) is 15.8. The second-order valence-electron chi connectivity index (χ2n) is 8.91. The molecule has 1 fully saturated rings. The first kappa shape index (κ1) is 25.1. The van der Waals surface area contributed by atoms with Crippen molar-refractivity contribution in [2.24, 2.45) is 5.16 Å². The van der Waals surface area contributed by atoms with Crippen molar-refractivity contribution in [2.45, 2.75) is 57.7 Å². The van der Waals surface area contributed by atoms with Crippen LogP contribution in [0.25, 0.3) is 5.65 Å². The van der Waals surface area contributed by atoms with Gasteiger partial charge in [-0.1, -0.05) is 5.16 Å². The van der Waals surface area contributed by atoms with E-state index in [9.17, 15) is 32.8 Å². The molecule has 14 heteroatoms. The van der Waals surface area contributed by atoms with Gasteiger partial charge in [-0.15, -0.1) is 0 Å². The van der Waals surface area contributed by atoms with Crippen molar-refractivity contribution in [3.05, 3.63) is 33.9 Å². The van der Waals surface area contributed by atoms with Crippen molar-refractivity contribution in [3.63, 3.8) is 0 Å². The van der Waals surface area contributed by atoms with Crippen molar-refractivity contribution in [3.8, 4) is 0 Å². The normalized spacial score (nSPS) is 16.1. The van der Waals surface area contributed by atoms with E-state index < -0.39 is 41.6 Å². The summed E-state index contributed by atoms with van der Waals surface area (Å²) in [5.41, 5.74) is -0.662. The lowest BCUT2D eigenvalue weighted by atomic mass is 9.93. The van der Waals surface area contributed by atoms with Crippen LogP contribution in [0.3, 0.4) is 0 Å². The van der Waals surface area contributed by atoms with Gasteiger partial charge in [0.25, 0.3) is 5.56 Å². The van der Waals surface area contributed by atoms with Gasteiger partial charge in [-0.3, -0.25) is 9.59 Å². The third-order valence-electron chi connectivity index (χ3n) is 5.07. The lowest BCUT2D eigenvalue weighted by Crippen LogP contribution is -2.41. The van der Waals surface area contributed by atoms with Gasteiger partial charge in [-0.05, 0) is 33.6 Å². The number of carbonyl (C=O) groups excluding carboxylic acids is 2. The smallest absolute Gasteiger partial charge is 0.410 e. The van der Waals surface area contributed by atoms with Crippen LogP contribution in [-0.4, -0.2) is 67.4 Å². The number of H-pyrrole nitrogens is 1. The molecule has 0 atom stereocenters. The lowest BCUT2D eigenvalue weighted by molar-refractivity contribution is -0.152. The molecule has 2 amide bonds. The molecule has 186 valence electrons. The minimum atomic E-state index is -4.75. The van der Waals surface area contributed by atoms with E-state index in [2.05, 4.69) is 15.2 Å². The van der Waals surface area contributed by atoms with Crippen LogP contribution in [-0.2, 0) is 9.53 Å². The molecule has 34 heavy (non-hydrogen) atoms. The number of alkyl halides is 3. The molecule has 1 saturated heterocycles. The average molecular weight is 486 g/mol. The standard InChI is InChI=1S/C20H25F3N6O5/c1-19(2,3)34-18(32)28-6-4-11(5-7-28)13-8-14(30)26-17-12(10-24-29(13)17)16(27-33)25-15(31)9-20(21,22)23/h8,10-11,33H,4-7,9H2,1-3H3,(H,26,30)(H,25,27,31). The Morgan fingerprint density at radius 3 is 2.50 bits per heavy atom. The first-order valence-corrected chi connectivity index (χ1v) is 10.5. The number of likely N-dealkylation sites (tertiary alicyclic amines) is 1. The maximum atomic E-state index is 12.5. The van der Waals surface area contributed by atoms with Gasteiger partial charge in [0, 0.05) is 25.1 Å². The number of ether oxygens (including phenoxy) is 1. The molecule has 2 aromatic heterocycles. The molecular weight excluding hydrogens is 461 g/mol. The third kappa shape index (κ3) is 6.05. The highest BCUT2D eigenvalue weighted by atomic mass is 19.4. The molecule has 0 aliphatic carbocycles. The Morgan fingerprint density at radius 1 is 1.29 bits per heavy atom. The van der Waals surface area contributed by atoms with E-state index in [4.69, 9.17) is 4.74 Å². The van der Waals surface area contributed by atoms with Crippen LogP contribution in [0.4, 0.5) is 18.0 Å². The molecule has 0 saturated carbocycles. The summed E-state index contributed by atoms with van der Waals surface area (Å²) in [6, 6.07) is 1.34. The number of fused-ring (bicyclic) bond motifs is 1. The fourth-order valence-electron chi connectivity index (χ4n) is 3.67. The summed E-state index contributed by atoms with van der Waals surface area (Å²) in [7, 11) is 0. The van der Waals surface area contributed by atoms with Crippen LogP contribution in [0.2, 0.25) is 0 Å². The van der Waals surface area contributed by atoms with Gasteiger partial charge in [0.05, 0.1) is 17.5 Å². The van der Waals surface area contributed by atoms with Crippen LogP contribution in [0.1, 0.15) is 57.2 Å². The Morgan fingerprint density at radius 2 is 1.94 bits per heavy atom. The number of halogens is 3. The van der Waals surface area contributed by atoms with Crippen molar-refractivity contribution in [2.75, 3.05) is 13.1 Å². The topological polar surface area (TPSA) is 141 Å². The highest BCUT2D eigenvalue weighted by Crippen LogP contribution is 2.28. The number of hydrogen-bond acceptors (Lipinski definition) is 7. The van der Waals surface area contributed by atoms with Crippen molar-refractivity contribution in [1.82, 2.24) is 24.8 Å². The van der Waals surface area contributed by atoms with E-state index in [1.807, 2.05) is 5.32 Å². The molecule has 2 aromatic rings. The number of carbonyl (C=O) groups is 2. The molecule has 0 bridgehead atoms. The molecule has 3 N–H and O–H groups in total. The molecule has 3 rings (SSSR count). The zero-order valence-electron chi connectivity index (χ0n) is 18.8. The summed E-state index contributed by atoms with van der Waals surface area (Å²) in [4.78, 5) is 40.4. The predicted octanol–water partition coefficient (Wildman–Crippen LogP) is 2.34. The minimum absolute atomic E-state index is 0.0391. The molecule has 0 aromatic carbocycles. The van der Waals surface area contributed by atoms with Crippen LogP contribution in [0, 0.1) is 0 Å².